The topological polar surface area (TPSA) is 12.0 Å². The van der Waals surface area contributed by atoms with Gasteiger partial charge in [-0.15, -0.1) is 11.3 Å². The van der Waals surface area contributed by atoms with Crippen molar-refractivity contribution < 1.29 is 0 Å². The molecular weight excluding hydrogens is 202 g/mol. The monoisotopic (exact) mass is 223 g/mol. The number of rotatable bonds is 5. The molecule has 0 unspecified atom stereocenters. The molecule has 1 nitrogen and oxygen atoms in total. The molecule has 15 heavy (non-hydrogen) atoms. The maximum atomic E-state index is 3.55. The van der Waals surface area contributed by atoms with Gasteiger partial charge in [-0.1, -0.05) is 38.2 Å². The van der Waals surface area contributed by atoms with Crippen LogP contribution in [0.4, 0.5) is 0 Å². The van der Waals surface area contributed by atoms with E-state index in [-0.39, 0.29) is 0 Å². The summed E-state index contributed by atoms with van der Waals surface area (Å²) in [4.78, 5) is 1.46. The number of nitrogens with one attached hydrogen (secondary N) is 1. The predicted octanol–water partition coefficient (Wildman–Crippen LogP) is 3.81. The van der Waals surface area contributed by atoms with Gasteiger partial charge in [-0.25, -0.2) is 0 Å². The molecule has 1 aliphatic carbocycles. The van der Waals surface area contributed by atoms with Crippen molar-refractivity contribution in [3.8, 4) is 0 Å². The molecule has 1 aliphatic rings. The number of hydrogen-bond donors (Lipinski definition) is 1. The summed E-state index contributed by atoms with van der Waals surface area (Å²) in [6.07, 6.45) is 8.73. The second-order valence-corrected chi connectivity index (χ2v) is 5.58. The van der Waals surface area contributed by atoms with Crippen molar-refractivity contribution in [1.29, 1.82) is 0 Å². The summed E-state index contributed by atoms with van der Waals surface area (Å²) >= 11 is 1.85. The fraction of sp³-hybridized carbons (Fsp3) is 0.692. The molecule has 84 valence electrons. The molecule has 0 amide bonds. The lowest BCUT2D eigenvalue weighted by Crippen LogP contribution is -2.18. The second kappa shape index (κ2) is 6.29. The smallest absolute Gasteiger partial charge is 0.0299 e. The lowest BCUT2D eigenvalue weighted by molar-refractivity contribution is 0.334. The third-order valence-corrected chi connectivity index (χ3v) is 4.21. The van der Waals surface area contributed by atoms with Crippen molar-refractivity contribution in [2.24, 2.45) is 5.92 Å². The average Bonchev–Trinajstić information content (AvgIpc) is 2.79. The zero-order valence-electron chi connectivity index (χ0n) is 9.37. The molecule has 0 saturated heterocycles. The first kappa shape index (κ1) is 11.2. The summed E-state index contributed by atoms with van der Waals surface area (Å²) in [6.45, 7) is 2.26. The highest BCUT2D eigenvalue weighted by Gasteiger charge is 2.12. The molecule has 0 radical (unpaired) electrons. The van der Waals surface area contributed by atoms with Crippen molar-refractivity contribution in [1.82, 2.24) is 5.32 Å². The van der Waals surface area contributed by atoms with E-state index in [1.165, 1.54) is 49.9 Å². The lowest BCUT2D eigenvalue weighted by Gasteiger charge is -2.21. The van der Waals surface area contributed by atoms with Crippen LogP contribution >= 0.6 is 11.3 Å². The highest BCUT2D eigenvalue weighted by molar-refractivity contribution is 7.09. The van der Waals surface area contributed by atoms with Gasteiger partial charge in [0.15, 0.2) is 0 Å². The zero-order valence-corrected chi connectivity index (χ0v) is 10.2. The van der Waals surface area contributed by atoms with E-state index in [4.69, 9.17) is 0 Å². The first-order valence-electron chi connectivity index (χ1n) is 6.18. The van der Waals surface area contributed by atoms with Crippen LogP contribution in [0.15, 0.2) is 17.5 Å². The molecule has 1 saturated carbocycles. The van der Waals surface area contributed by atoms with Crippen LogP contribution in [0.5, 0.6) is 0 Å². The van der Waals surface area contributed by atoms with Crippen LogP contribution < -0.4 is 5.32 Å². The van der Waals surface area contributed by atoms with E-state index in [0.29, 0.717) is 0 Å². The molecule has 1 aromatic rings. The summed E-state index contributed by atoms with van der Waals surface area (Å²) in [5, 5.41) is 5.70. The molecule has 1 fully saturated rings. The fourth-order valence-corrected chi connectivity index (χ4v) is 3.08. The molecular formula is C13H21NS. The van der Waals surface area contributed by atoms with E-state index in [9.17, 15) is 0 Å². The van der Waals surface area contributed by atoms with E-state index in [1.807, 2.05) is 11.3 Å². The van der Waals surface area contributed by atoms with Crippen molar-refractivity contribution in [3.05, 3.63) is 22.4 Å². The average molecular weight is 223 g/mol. The summed E-state index contributed by atoms with van der Waals surface area (Å²) < 4.78 is 0. The van der Waals surface area contributed by atoms with E-state index < -0.39 is 0 Å². The van der Waals surface area contributed by atoms with Crippen molar-refractivity contribution in [2.75, 3.05) is 6.54 Å². The molecule has 0 aromatic carbocycles. The van der Waals surface area contributed by atoms with Crippen LogP contribution in [0.1, 0.15) is 43.4 Å². The molecule has 0 bridgehead atoms. The molecule has 0 aliphatic heterocycles. The molecule has 0 spiro atoms. The number of thiophene rings is 1. The van der Waals surface area contributed by atoms with Gasteiger partial charge in [0.25, 0.3) is 0 Å². The minimum Gasteiger partial charge on any atom is -0.312 e. The van der Waals surface area contributed by atoms with Gasteiger partial charge in [0.2, 0.25) is 0 Å². The Balaban J connectivity index is 1.54. The second-order valence-electron chi connectivity index (χ2n) is 4.55. The third-order valence-electron chi connectivity index (χ3n) is 3.33. The Morgan fingerprint density at radius 1 is 1.27 bits per heavy atom. The summed E-state index contributed by atoms with van der Waals surface area (Å²) in [7, 11) is 0. The largest absolute Gasteiger partial charge is 0.312 e. The van der Waals surface area contributed by atoms with Crippen LogP contribution in [0.2, 0.25) is 0 Å². The Bertz CT molecular complexity index is 250. The maximum absolute atomic E-state index is 3.55. The van der Waals surface area contributed by atoms with Gasteiger partial charge >= 0.3 is 0 Å². The minimum absolute atomic E-state index is 1.01. The van der Waals surface area contributed by atoms with Crippen LogP contribution in [0.25, 0.3) is 0 Å². The fourth-order valence-electron chi connectivity index (χ4n) is 2.41. The molecule has 1 aromatic heterocycles. The van der Waals surface area contributed by atoms with Gasteiger partial charge in [0.1, 0.15) is 0 Å². The van der Waals surface area contributed by atoms with E-state index in [2.05, 4.69) is 22.8 Å². The van der Waals surface area contributed by atoms with Gasteiger partial charge < -0.3 is 5.32 Å². The first-order valence-corrected chi connectivity index (χ1v) is 7.06. The third kappa shape index (κ3) is 3.96. The Hall–Kier alpha value is -0.340. The van der Waals surface area contributed by atoms with Gasteiger partial charge in [-0.3, -0.25) is 0 Å². The predicted molar refractivity (Wildman–Crippen MR) is 67.2 cm³/mol. The van der Waals surface area contributed by atoms with Crippen LogP contribution in [-0.2, 0) is 6.54 Å². The normalized spacial score (nSPS) is 18.1. The molecule has 1 N–H and O–H groups in total. The van der Waals surface area contributed by atoms with Gasteiger partial charge in [-0.2, -0.15) is 0 Å². The summed E-state index contributed by atoms with van der Waals surface area (Å²) in [5.41, 5.74) is 0. The maximum Gasteiger partial charge on any atom is 0.0299 e. The Kier molecular flexibility index (Phi) is 4.68. The number of hydrogen-bond acceptors (Lipinski definition) is 2. The van der Waals surface area contributed by atoms with Crippen LogP contribution in [0.3, 0.4) is 0 Å². The SMILES string of the molecule is c1csc(CNCCC2CCCCC2)c1. The zero-order chi connectivity index (χ0) is 10.3. The highest BCUT2D eigenvalue weighted by atomic mass is 32.1. The quantitative estimate of drug-likeness (QED) is 0.749. The van der Waals surface area contributed by atoms with Crippen molar-refractivity contribution >= 4 is 11.3 Å². The first-order chi connectivity index (χ1) is 7.45. The summed E-state index contributed by atoms with van der Waals surface area (Å²) in [5.74, 6) is 1.01. The van der Waals surface area contributed by atoms with Crippen molar-refractivity contribution in [3.63, 3.8) is 0 Å². The summed E-state index contributed by atoms with van der Waals surface area (Å²) in [6, 6.07) is 4.33. The highest BCUT2D eigenvalue weighted by Crippen LogP contribution is 2.25. The molecule has 1 heterocycles. The van der Waals surface area contributed by atoms with Crippen LogP contribution in [0, 0.1) is 5.92 Å². The van der Waals surface area contributed by atoms with Gasteiger partial charge in [0, 0.05) is 11.4 Å². The van der Waals surface area contributed by atoms with Crippen LogP contribution in [-0.4, -0.2) is 6.54 Å². The Labute approximate surface area is 96.9 Å². The standard InChI is InChI=1S/C13H21NS/c1-2-5-12(6-3-1)8-9-14-11-13-7-4-10-15-13/h4,7,10,12,14H,1-3,5-6,8-9,11H2. The Morgan fingerprint density at radius 2 is 2.13 bits per heavy atom. The van der Waals surface area contributed by atoms with E-state index >= 15 is 0 Å². The molecule has 2 heteroatoms. The lowest BCUT2D eigenvalue weighted by atomic mass is 9.87. The van der Waals surface area contributed by atoms with Crippen molar-refractivity contribution in [2.45, 2.75) is 45.1 Å². The minimum atomic E-state index is 1.01. The molecule has 0 atom stereocenters. The Morgan fingerprint density at radius 3 is 2.87 bits per heavy atom. The van der Waals surface area contributed by atoms with Gasteiger partial charge in [-0.05, 0) is 30.3 Å². The van der Waals surface area contributed by atoms with E-state index in [1.54, 1.807) is 0 Å². The van der Waals surface area contributed by atoms with E-state index in [0.717, 1.165) is 12.5 Å². The molecule has 2 rings (SSSR count). The van der Waals surface area contributed by atoms with Gasteiger partial charge in [0.05, 0.1) is 0 Å².